The van der Waals surface area contributed by atoms with E-state index in [4.69, 9.17) is 14.7 Å². The molecule has 54 heavy (non-hydrogen) atoms. The Morgan fingerprint density at radius 3 is 2.57 bits per heavy atom. The van der Waals surface area contributed by atoms with Crippen LogP contribution in [-0.2, 0) is 11.2 Å². The Labute approximate surface area is 326 Å². The smallest absolute Gasteiger partial charge is 0.156 e. The molecule has 2 aliphatic heterocycles. The van der Waals surface area contributed by atoms with Gasteiger partial charge in [-0.1, -0.05) is 58.4 Å². The Morgan fingerprint density at radius 1 is 1.15 bits per heavy atom. The molecule has 0 aliphatic carbocycles. The Bertz CT molecular complexity index is 1750. The molecule has 2 aromatic rings. The van der Waals surface area contributed by atoms with Crippen molar-refractivity contribution in [2.45, 2.75) is 107 Å². The highest BCUT2D eigenvalue weighted by molar-refractivity contribution is 6.08. The largest absolute Gasteiger partial charge is 0.457 e. The van der Waals surface area contributed by atoms with Gasteiger partial charge in [0.25, 0.3) is 0 Å². The molecule has 3 heterocycles. The molecule has 4 rings (SSSR count). The van der Waals surface area contributed by atoms with Gasteiger partial charge in [0.15, 0.2) is 11.6 Å². The molecular weight excluding hydrogens is 671 g/mol. The van der Waals surface area contributed by atoms with E-state index in [9.17, 15) is 4.79 Å². The van der Waals surface area contributed by atoms with E-state index in [0.717, 1.165) is 90.1 Å². The number of ether oxygens (including phenoxy) is 1. The van der Waals surface area contributed by atoms with Gasteiger partial charge >= 0.3 is 0 Å². The number of aliphatic imine (C=N–C) groups is 1. The van der Waals surface area contributed by atoms with Crippen LogP contribution < -0.4 is 15.0 Å². The van der Waals surface area contributed by atoms with E-state index in [1.807, 2.05) is 80.6 Å². The molecule has 292 valence electrons. The van der Waals surface area contributed by atoms with Crippen LogP contribution in [0.4, 0.5) is 11.5 Å². The maximum absolute atomic E-state index is 10.5. The van der Waals surface area contributed by atoms with Gasteiger partial charge in [-0.05, 0) is 134 Å². The molecule has 0 fully saturated rings. The first-order valence-corrected chi connectivity index (χ1v) is 19.7. The molecule has 2 aliphatic rings. The molecule has 0 radical (unpaired) electrons. The van der Waals surface area contributed by atoms with Gasteiger partial charge in [-0.3, -0.25) is 4.79 Å². The summed E-state index contributed by atoms with van der Waals surface area (Å²) in [4.78, 5) is 25.2. The van der Waals surface area contributed by atoms with Crippen molar-refractivity contribution < 1.29 is 9.53 Å². The summed E-state index contributed by atoms with van der Waals surface area (Å²) in [6.07, 6.45) is 23.7. The zero-order valence-corrected chi connectivity index (χ0v) is 34.8. The van der Waals surface area contributed by atoms with Gasteiger partial charge in [-0.2, -0.15) is 5.10 Å². The van der Waals surface area contributed by atoms with Crippen molar-refractivity contribution >= 4 is 29.3 Å². The monoisotopic (exact) mass is 736 g/mol. The summed E-state index contributed by atoms with van der Waals surface area (Å²) in [5.41, 5.74) is 6.33. The summed E-state index contributed by atoms with van der Waals surface area (Å²) in [5.74, 6) is 4.19. The number of fused-ring (bicyclic) bond motifs is 1. The third kappa shape index (κ3) is 13.6. The Balaban J connectivity index is 0.000000687. The number of carbonyl (C=O) groups excluding carboxylic acids is 1. The van der Waals surface area contributed by atoms with Crippen molar-refractivity contribution in [1.29, 1.82) is 0 Å². The van der Waals surface area contributed by atoms with E-state index in [1.165, 1.54) is 18.4 Å². The van der Waals surface area contributed by atoms with Gasteiger partial charge < -0.3 is 19.9 Å². The zero-order chi connectivity index (χ0) is 39.6. The van der Waals surface area contributed by atoms with Crippen LogP contribution in [0.15, 0.2) is 94.7 Å². The minimum absolute atomic E-state index is 0.105. The number of unbranched alkanes of at least 4 members (excludes halogenated alkanes) is 1. The van der Waals surface area contributed by atoms with Crippen LogP contribution in [0.1, 0.15) is 103 Å². The van der Waals surface area contributed by atoms with Crippen LogP contribution in [0.5, 0.6) is 5.75 Å². The van der Waals surface area contributed by atoms with Crippen molar-refractivity contribution in [2.75, 3.05) is 37.4 Å². The van der Waals surface area contributed by atoms with E-state index in [-0.39, 0.29) is 5.78 Å². The Kier molecular flexibility index (Phi) is 18.1. The van der Waals surface area contributed by atoms with Crippen molar-refractivity contribution in [1.82, 2.24) is 14.9 Å². The molecule has 0 amide bonds. The first kappa shape index (κ1) is 43.6. The minimum Gasteiger partial charge on any atom is -0.457 e. The molecule has 1 N–H and O–H groups in total. The van der Waals surface area contributed by atoms with Gasteiger partial charge in [0.2, 0.25) is 0 Å². The van der Waals surface area contributed by atoms with E-state index in [1.54, 1.807) is 19.2 Å². The predicted octanol–water partition coefficient (Wildman–Crippen LogP) is 10.1. The predicted molar refractivity (Wildman–Crippen MR) is 230 cm³/mol. The molecule has 0 bridgehead atoms. The lowest BCUT2D eigenvalue weighted by molar-refractivity contribution is -0.112. The van der Waals surface area contributed by atoms with Crippen molar-refractivity contribution in [3.05, 3.63) is 107 Å². The number of likely N-dealkylation sites (N-methyl/N-ethyl adjacent to an activating group) is 1. The lowest BCUT2D eigenvalue weighted by atomic mass is 10.0. The minimum atomic E-state index is 0.105. The van der Waals surface area contributed by atoms with Gasteiger partial charge in [-0.15, -0.1) is 0 Å². The van der Waals surface area contributed by atoms with Gasteiger partial charge in [0, 0.05) is 49.5 Å². The van der Waals surface area contributed by atoms with Crippen molar-refractivity contribution in [3.63, 3.8) is 0 Å². The number of anilines is 2. The topological polar surface area (TPSA) is 85.7 Å². The molecule has 2 unspecified atom stereocenters. The average Bonchev–Trinajstić information content (AvgIpc) is 3.28. The number of pyridine rings is 1. The fourth-order valence-corrected chi connectivity index (χ4v) is 5.94. The number of ketones is 1. The second-order valence-corrected chi connectivity index (χ2v) is 14.3. The second-order valence-electron chi connectivity index (χ2n) is 14.3. The standard InChI is InChI=1S/C37H50N6O.C8H15NO/c1-8-12-20-38-36(35-29(7)23-30-16-15-27(5)26-42(21-13-9-2)37(30)41-35)40-31-17-18-34(28(6)24-31)44-33-19-22-43(39-11-4)32(25-33)14-10-3;1-7(9(3)4)5-6-8(2)10/h11-12,14,17-20,22-25,27H,8-10,13,15-16,21,26H2,1-7H3,(H,38,40);5-7H,1-4H3/b20-12+,32-14+,39-11-;6-5+. The number of hydrazone groups is 1. The number of carbonyl (C=O) groups is 1. The highest BCUT2D eigenvalue weighted by Crippen LogP contribution is 2.31. The van der Waals surface area contributed by atoms with Gasteiger partial charge in [0.1, 0.15) is 23.0 Å². The van der Waals surface area contributed by atoms with Crippen LogP contribution in [-0.4, -0.2) is 66.0 Å². The lowest BCUT2D eigenvalue weighted by Gasteiger charge is -2.26. The number of hydrogen-bond donors (Lipinski definition) is 1. The highest BCUT2D eigenvalue weighted by Gasteiger charge is 2.23. The van der Waals surface area contributed by atoms with E-state index >= 15 is 0 Å². The van der Waals surface area contributed by atoms with Crippen LogP contribution >= 0.6 is 0 Å². The SMILES string of the molecule is C/C=N\N1C=CC(Oc2ccc(NC(=N/C=C/CC)c3nc4c(cc3C)CCC(C)CN4CCCC)cc2C)=C/C1=C\CC.CC(=O)/C=C/C(C)N(C)C. The molecule has 1 aromatic carbocycles. The fraction of sp³-hybridized carbons (Fsp3) is 0.467. The van der Waals surface area contributed by atoms with E-state index in [0.29, 0.717) is 12.0 Å². The molecule has 9 nitrogen and oxygen atoms in total. The molecule has 0 saturated carbocycles. The number of amidine groups is 1. The van der Waals surface area contributed by atoms with Crippen molar-refractivity contribution in [3.8, 4) is 5.75 Å². The van der Waals surface area contributed by atoms with Crippen LogP contribution in [0, 0.1) is 19.8 Å². The number of aromatic nitrogens is 1. The summed E-state index contributed by atoms with van der Waals surface area (Å²) < 4.78 is 6.33. The number of nitrogens with one attached hydrogen (secondary N) is 1. The molecular formula is C45H65N7O2. The van der Waals surface area contributed by atoms with Gasteiger partial charge in [-0.25, -0.2) is 15.0 Å². The zero-order valence-electron chi connectivity index (χ0n) is 34.8. The molecule has 2 atom stereocenters. The summed E-state index contributed by atoms with van der Waals surface area (Å²) in [6, 6.07) is 8.82. The fourth-order valence-electron chi connectivity index (χ4n) is 5.94. The van der Waals surface area contributed by atoms with Crippen LogP contribution in [0.2, 0.25) is 0 Å². The molecule has 1 aromatic heterocycles. The number of benzene rings is 1. The second kappa shape index (κ2) is 22.5. The van der Waals surface area contributed by atoms with E-state index < -0.39 is 0 Å². The first-order chi connectivity index (χ1) is 25.9. The summed E-state index contributed by atoms with van der Waals surface area (Å²) in [6.45, 7) is 20.6. The maximum Gasteiger partial charge on any atom is 0.156 e. The third-order valence-electron chi connectivity index (χ3n) is 9.24. The van der Waals surface area contributed by atoms with Crippen LogP contribution in [0.3, 0.4) is 0 Å². The number of allylic oxidation sites excluding steroid dienone is 5. The molecule has 0 spiro atoms. The lowest BCUT2D eigenvalue weighted by Crippen LogP contribution is -2.30. The average molecular weight is 736 g/mol. The molecule has 9 heteroatoms. The van der Waals surface area contributed by atoms with Crippen molar-refractivity contribution in [2.24, 2.45) is 16.0 Å². The normalized spacial score (nSPS) is 17.6. The quantitative estimate of drug-likeness (QED) is 0.117. The molecule has 0 saturated heterocycles. The number of aryl methyl sites for hydroxylation is 3. The van der Waals surface area contributed by atoms with Crippen LogP contribution in [0.25, 0.3) is 0 Å². The maximum atomic E-state index is 10.5. The summed E-state index contributed by atoms with van der Waals surface area (Å²) in [5, 5.41) is 9.86. The van der Waals surface area contributed by atoms with E-state index in [2.05, 4.69) is 81.1 Å². The number of nitrogens with zero attached hydrogens (tertiary/aromatic N) is 6. The Hall–Kier alpha value is -4.76. The first-order valence-electron chi connectivity index (χ1n) is 19.7. The third-order valence-corrected chi connectivity index (χ3v) is 9.24. The number of rotatable bonds is 14. The summed E-state index contributed by atoms with van der Waals surface area (Å²) in [7, 11) is 3.96. The summed E-state index contributed by atoms with van der Waals surface area (Å²) >= 11 is 0. The van der Waals surface area contributed by atoms with Gasteiger partial charge in [0.05, 0.1) is 5.70 Å². The number of hydrogen-bond acceptors (Lipinski definition) is 8. The Morgan fingerprint density at radius 2 is 1.93 bits per heavy atom. The highest BCUT2D eigenvalue weighted by atomic mass is 16.5.